The van der Waals surface area contributed by atoms with Gasteiger partial charge in [0.25, 0.3) is 0 Å². The smallest absolute Gasteiger partial charge is 0.187 e. The molecule has 2 heterocycles. The average Bonchev–Trinajstić information content (AvgIpc) is 3.36. The molecule has 0 aromatic heterocycles. The fourth-order valence-electron chi connectivity index (χ4n) is 7.95. The Bertz CT molecular complexity index is 2200. The van der Waals surface area contributed by atoms with Gasteiger partial charge in [0, 0.05) is 0 Å². The first kappa shape index (κ1) is 46.4. The second kappa shape index (κ2) is 24.4. The zero-order valence-corrected chi connectivity index (χ0v) is 36.3. The highest BCUT2D eigenvalue weighted by Gasteiger charge is 2.53. The minimum absolute atomic E-state index is 0.0324. The van der Waals surface area contributed by atoms with E-state index in [1.807, 2.05) is 182 Å². The van der Waals surface area contributed by atoms with E-state index in [9.17, 15) is 10.2 Å². The van der Waals surface area contributed by atoms with Gasteiger partial charge in [0.15, 0.2) is 12.6 Å². The highest BCUT2D eigenvalue weighted by molar-refractivity contribution is 5.18. The van der Waals surface area contributed by atoms with Crippen molar-refractivity contribution in [1.29, 1.82) is 0 Å². The van der Waals surface area contributed by atoms with E-state index in [2.05, 4.69) is 0 Å². The molecule has 2 N–H and O–H groups in total. The van der Waals surface area contributed by atoms with E-state index in [4.69, 9.17) is 42.6 Å². The minimum Gasteiger partial charge on any atom is -0.387 e. The highest BCUT2D eigenvalue weighted by atomic mass is 16.8. The second-order valence-electron chi connectivity index (χ2n) is 16.2. The largest absolute Gasteiger partial charge is 0.387 e. The molecule has 340 valence electrons. The molecule has 0 aliphatic carbocycles. The van der Waals surface area contributed by atoms with Gasteiger partial charge in [-0.2, -0.15) is 0 Å². The lowest BCUT2D eigenvalue weighted by molar-refractivity contribution is -0.374. The quantitative estimate of drug-likeness (QED) is 0.0691. The standard InChI is InChI=1S/C54H58O11/c55-47-45(37-57-31-39-19-7-1-8-20-39)63-54(50(48(47)56)59-33-41-23-11-3-12-24-41)65-49-46(38-58-32-40-21-9-2-10-22-40)64-53(62-36-44-29-17-6-18-30-44)52(61-35-43-27-15-5-16-28-43)51(49)60-34-42-25-13-4-14-26-42/h1-30,45-56H,31-38H2/t45-,46-,47+,48+,49-,50-,51+,52-,53?,54+/m1/s1. The molecular weight excluding hydrogens is 825 g/mol. The van der Waals surface area contributed by atoms with E-state index in [0.717, 1.165) is 33.4 Å². The summed E-state index contributed by atoms with van der Waals surface area (Å²) in [5.41, 5.74) is 5.65. The zero-order valence-electron chi connectivity index (χ0n) is 36.3. The van der Waals surface area contributed by atoms with Crippen LogP contribution >= 0.6 is 0 Å². The first-order valence-corrected chi connectivity index (χ1v) is 22.3. The number of aliphatic hydroxyl groups is 2. The maximum absolute atomic E-state index is 11.9. The van der Waals surface area contributed by atoms with Gasteiger partial charge in [-0.25, -0.2) is 0 Å². The number of aliphatic hydroxyl groups excluding tert-OH is 2. The summed E-state index contributed by atoms with van der Waals surface area (Å²) in [7, 11) is 0. The SMILES string of the molecule is O[C@@H]1[C@H](O)[C@@H](OCc2ccccc2)[C@H](O[C@H]2[C@H](OCc3ccccc3)[C@@H](OCc3ccccc3)C(OCc3ccccc3)O[C@@H]2COCc2ccccc2)O[C@@H]1COCc1ccccc1. The summed E-state index contributed by atoms with van der Waals surface area (Å²) < 4.78 is 60.0. The molecule has 2 saturated heterocycles. The van der Waals surface area contributed by atoms with Crippen LogP contribution in [-0.2, 0) is 82.3 Å². The number of hydrogen-bond acceptors (Lipinski definition) is 11. The molecule has 6 aromatic carbocycles. The van der Waals surface area contributed by atoms with E-state index in [1.54, 1.807) is 0 Å². The first-order chi connectivity index (χ1) is 32.1. The van der Waals surface area contributed by atoms with Crippen molar-refractivity contribution in [2.75, 3.05) is 13.2 Å². The molecule has 2 fully saturated rings. The number of benzene rings is 6. The lowest BCUT2D eigenvalue weighted by Gasteiger charge is -2.49. The predicted molar refractivity (Wildman–Crippen MR) is 243 cm³/mol. The van der Waals surface area contributed by atoms with Gasteiger partial charge in [0.2, 0.25) is 0 Å². The van der Waals surface area contributed by atoms with Crippen LogP contribution in [0.3, 0.4) is 0 Å². The molecule has 0 saturated carbocycles. The molecule has 0 radical (unpaired) electrons. The van der Waals surface area contributed by atoms with Crippen molar-refractivity contribution in [3.8, 4) is 0 Å². The Balaban J connectivity index is 1.13. The lowest BCUT2D eigenvalue weighted by Crippen LogP contribution is -2.66. The highest BCUT2D eigenvalue weighted by Crippen LogP contribution is 2.35. The van der Waals surface area contributed by atoms with Crippen molar-refractivity contribution in [2.45, 2.75) is 101 Å². The van der Waals surface area contributed by atoms with Gasteiger partial charge in [0.05, 0.1) is 52.9 Å². The summed E-state index contributed by atoms with van der Waals surface area (Å²) in [6.45, 7) is 1.40. The van der Waals surface area contributed by atoms with Crippen LogP contribution in [-0.4, -0.2) is 84.8 Å². The molecular formula is C54H58O11. The molecule has 0 spiro atoms. The summed E-state index contributed by atoms with van der Waals surface area (Å²) in [5, 5.41) is 23.5. The molecule has 8 rings (SSSR count). The third-order valence-electron chi connectivity index (χ3n) is 11.4. The molecule has 11 nitrogen and oxygen atoms in total. The lowest BCUT2D eigenvalue weighted by atomic mass is 9.96. The average molecular weight is 883 g/mol. The van der Waals surface area contributed by atoms with Crippen LogP contribution in [0.25, 0.3) is 0 Å². The minimum atomic E-state index is -1.42. The summed E-state index contributed by atoms with van der Waals surface area (Å²) in [4.78, 5) is 0. The summed E-state index contributed by atoms with van der Waals surface area (Å²) in [6.07, 6.45) is -10.5. The van der Waals surface area contributed by atoms with E-state index in [0.29, 0.717) is 6.61 Å². The first-order valence-electron chi connectivity index (χ1n) is 22.3. The molecule has 0 bridgehead atoms. The van der Waals surface area contributed by atoms with Crippen molar-refractivity contribution in [3.63, 3.8) is 0 Å². The molecule has 0 amide bonds. The Morgan fingerprint density at radius 3 is 1.09 bits per heavy atom. The molecule has 2 aliphatic rings. The zero-order chi connectivity index (χ0) is 44.5. The van der Waals surface area contributed by atoms with E-state index in [1.165, 1.54) is 0 Å². The molecule has 10 atom stereocenters. The fourth-order valence-corrected chi connectivity index (χ4v) is 7.95. The Labute approximate surface area is 381 Å². The third kappa shape index (κ3) is 13.5. The van der Waals surface area contributed by atoms with Crippen molar-refractivity contribution < 1.29 is 52.8 Å². The molecule has 65 heavy (non-hydrogen) atoms. The van der Waals surface area contributed by atoms with Crippen molar-refractivity contribution in [3.05, 3.63) is 215 Å². The third-order valence-corrected chi connectivity index (χ3v) is 11.4. The molecule has 11 heteroatoms. The van der Waals surface area contributed by atoms with Crippen molar-refractivity contribution in [1.82, 2.24) is 0 Å². The van der Waals surface area contributed by atoms with Crippen LogP contribution in [0.15, 0.2) is 182 Å². The Morgan fingerprint density at radius 1 is 0.323 bits per heavy atom. The van der Waals surface area contributed by atoms with Gasteiger partial charge in [-0.05, 0) is 33.4 Å². The summed E-state index contributed by atoms with van der Waals surface area (Å²) in [6, 6.07) is 58.8. The summed E-state index contributed by atoms with van der Waals surface area (Å²) in [5.74, 6) is 0. The fraction of sp³-hybridized carbons (Fsp3) is 0.333. The van der Waals surface area contributed by atoms with Gasteiger partial charge in [-0.15, -0.1) is 0 Å². The van der Waals surface area contributed by atoms with Crippen molar-refractivity contribution in [2.24, 2.45) is 0 Å². The second-order valence-corrected chi connectivity index (χ2v) is 16.2. The van der Waals surface area contributed by atoms with Gasteiger partial charge in [-0.1, -0.05) is 182 Å². The van der Waals surface area contributed by atoms with E-state index >= 15 is 0 Å². The van der Waals surface area contributed by atoms with Gasteiger partial charge in [-0.3, -0.25) is 0 Å². The van der Waals surface area contributed by atoms with Crippen molar-refractivity contribution >= 4 is 0 Å². The Morgan fingerprint density at radius 2 is 0.662 bits per heavy atom. The maximum Gasteiger partial charge on any atom is 0.187 e. The Hall–Kier alpha value is -5.12. The van der Waals surface area contributed by atoms with Crippen LogP contribution in [0, 0.1) is 0 Å². The predicted octanol–water partition coefficient (Wildman–Crippen LogP) is 7.95. The van der Waals surface area contributed by atoms with E-state index < -0.39 is 61.4 Å². The maximum atomic E-state index is 11.9. The van der Waals surface area contributed by atoms with E-state index in [-0.39, 0.29) is 46.2 Å². The number of rotatable bonds is 22. The van der Waals surface area contributed by atoms with Gasteiger partial charge >= 0.3 is 0 Å². The van der Waals surface area contributed by atoms with Gasteiger partial charge < -0.3 is 52.8 Å². The van der Waals surface area contributed by atoms with Crippen LogP contribution in [0.4, 0.5) is 0 Å². The van der Waals surface area contributed by atoms with Crippen LogP contribution in [0.2, 0.25) is 0 Å². The van der Waals surface area contributed by atoms with Crippen LogP contribution in [0.5, 0.6) is 0 Å². The monoisotopic (exact) mass is 882 g/mol. The van der Waals surface area contributed by atoms with Crippen LogP contribution in [0.1, 0.15) is 33.4 Å². The summed E-state index contributed by atoms with van der Waals surface area (Å²) >= 11 is 0. The molecule has 2 aliphatic heterocycles. The Kier molecular flexibility index (Phi) is 17.4. The topological polar surface area (TPSA) is 124 Å². The van der Waals surface area contributed by atoms with Crippen LogP contribution < -0.4 is 0 Å². The molecule has 1 unspecified atom stereocenters. The molecule has 6 aromatic rings. The number of ether oxygens (including phenoxy) is 9. The normalized spacial score (nSPS) is 25.6. The van der Waals surface area contributed by atoms with Gasteiger partial charge in [0.1, 0.15) is 48.8 Å². The number of hydrogen-bond donors (Lipinski definition) is 2.